The van der Waals surface area contributed by atoms with Crippen molar-refractivity contribution >= 4 is 22.9 Å². The maximum absolute atomic E-state index is 6.35. The van der Waals surface area contributed by atoms with Gasteiger partial charge >= 0.3 is 0 Å². The first-order valence-corrected chi connectivity index (χ1v) is 7.95. The lowest BCUT2D eigenvalue weighted by Gasteiger charge is -2.11. The first kappa shape index (κ1) is 13.2. The zero-order chi connectivity index (χ0) is 13.4. The van der Waals surface area contributed by atoms with Crippen LogP contribution in [0.3, 0.4) is 0 Å². The second kappa shape index (κ2) is 5.28. The van der Waals surface area contributed by atoms with Crippen LogP contribution in [0.2, 0.25) is 5.02 Å². The topological polar surface area (TPSA) is 26.0 Å². The molecule has 1 aromatic carbocycles. The summed E-state index contributed by atoms with van der Waals surface area (Å²) in [6, 6.07) is 8.58. The molecular formula is C16H18ClNS. The summed E-state index contributed by atoms with van der Waals surface area (Å²) in [4.78, 5) is 2.85. The fourth-order valence-corrected chi connectivity index (χ4v) is 4.26. The summed E-state index contributed by atoms with van der Waals surface area (Å²) in [6.45, 7) is 2.05. The van der Waals surface area contributed by atoms with E-state index in [0.717, 1.165) is 17.0 Å². The molecule has 0 fully saturated rings. The molecule has 1 nitrogen and oxygen atoms in total. The normalized spacial score (nSPS) is 15.5. The lowest BCUT2D eigenvalue weighted by molar-refractivity contribution is 0.735. The molecule has 1 aliphatic rings. The third-order valence-electron chi connectivity index (χ3n) is 3.78. The summed E-state index contributed by atoms with van der Waals surface area (Å²) in [5, 5.41) is 0.833. The number of hydrogen-bond donors (Lipinski definition) is 1. The summed E-state index contributed by atoms with van der Waals surface area (Å²) in [5.41, 5.74) is 10.2. The van der Waals surface area contributed by atoms with Crippen LogP contribution >= 0.6 is 22.9 Å². The van der Waals surface area contributed by atoms with Crippen LogP contribution in [-0.4, -0.2) is 0 Å². The molecule has 1 aromatic heterocycles. The zero-order valence-corrected chi connectivity index (χ0v) is 12.7. The van der Waals surface area contributed by atoms with E-state index in [-0.39, 0.29) is 6.04 Å². The average molecular weight is 292 g/mol. The SMILES string of the molecule is Cc1ccc(CC(N)c2cc3c(s2)CCC3)c(Cl)c1. The summed E-state index contributed by atoms with van der Waals surface area (Å²) < 4.78 is 0. The van der Waals surface area contributed by atoms with E-state index in [9.17, 15) is 0 Å². The fraction of sp³-hybridized carbons (Fsp3) is 0.375. The molecule has 1 heterocycles. The van der Waals surface area contributed by atoms with Gasteiger partial charge in [-0.2, -0.15) is 0 Å². The highest BCUT2D eigenvalue weighted by Gasteiger charge is 2.18. The number of hydrogen-bond acceptors (Lipinski definition) is 2. The van der Waals surface area contributed by atoms with Crippen LogP contribution in [0.5, 0.6) is 0 Å². The quantitative estimate of drug-likeness (QED) is 0.889. The van der Waals surface area contributed by atoms with Crippen molar-refractivity contribution in [3.8, 4) is 0 Å². The summed E-state index contributed by atoms with van der Waals surface area (Å²) in [6.07, 6.45) is 4.58. The molecule has 0 bridgehead atoms. The van der Waals surface area contributed by atoms with Crippen LogP contribution in [-0.2, 0) is 19.3 Å². The van der Waals surface area contributed by atoms with E-state index >= 15 is 0 Å². The van der Waals surface area contributed by atoms with Crippen molar-refractivity contribution in [2.45, 2.75) is 38.6 Å². The van der Waals surface area contributed by atoms with Gasteiger partial charge in [0, 0.05) is 20.8 Å². The predicted molar refractivity (Wildman–Crippen MR) is 83.2 cm³/mol. The maximum Gasteiger partial charge on any atom is 0.0441 e. The Bertz CT molecular complexity index is 581. The molecule has 3 rings (SSSR count). The molecule has 2 N–H and O–H groups in total. The van der Waals surface area contributed by atoms with E-state index in [0.29, 0.717) is 0 Å². The summed E-state index contributed by atoms with van der Waals surface area (Å²) >= 11 is 8.17. The number of halogens is 1. The van der Waals surface area contributed by atoms with Crippen LogP contribution in [0.15, 0.2) is 24.3 Å². The van der Waals surface area contributed by atoms with Crippen molar-refractivity contribution in [3.63, 3.8) is 0 Å². The molecule has 100 valence electrons. The first-order chi connectivity index (χ1) is 9.13. The first-order valence-electron chi connectivity index (χ1n) is 6.75. The van der Waals surface area contributed by atoms with E-state index in [4.69, 9.17) is 17.3 Å². The van der Waals surface area contributed by atoms with Gasteiger partial charge in [-0.15, -0.1) is 11.3 Å². The molecular weight excluding hydrogens is 274 g/mol. The van der Waals surface area contributed by atoms with Gasteiger partial charge in [0.1, 0.15) is 0 Å². The van der Waals surface area contributed by atoms with Gasteiger partial charge in [-0.05, 0) is 61.4 Å². The second-order valence-electron chi connectivity index (χ2n) is 5.36. The minimum Gasteiger partial charge on any atom is -0.323 e. The smallest absolute Gasteiger partial charge is 0.0441 e. The number of rotatable bonds is 3. The molecule has 0 spiro atoms. The Morgan fingerprint density at radius 3 is 2.89 bits per heavy atom. The van der Waals surface area contributed by atoms with Crippen molar-refractivity contribution < 1.29 is 0 Å². The zero-order valence-electron chi connectivity index (χ0n) is 11.1. The number of aryl methyl sites for hydroxylation is 3. The van der Waals surface area contributed by atoms with E-state index in [1.165, 1.54) is 35.3 Å². The molecule has 19 heavy (non-hydrogen) atoms. The number of thiophene rings is 1. The lowest BCUT2D eigenvalue weighted by Crippen LogP contribution is -2.12. The highest BCUT2D eigenvalue weighted by Crippen LogP contribution is 2.34. The molecule has 0 amide bonds. The van der Waals surface area contributed by atoms with E-state index in [2.05, 4.69) is 25.1 Å². The molecule has 0 saturated heterocycles. The third kappa shape index (κ3) is 2.71. The van der Waals surface area contributed by atoms with Gasteiger partial charge in [0.05, 0.1) is 0 Å². The van der Waals surface area contributed by atoms with Crippen molar-refractivity contribution in [2.24, 2.45) is 5.73 Å². The highest BCUT2D eigenvalue weighted by molar-refractivity contribution is 7.12. The number of benzene rings is 1. The largest absolute Gasteiger partial charge is 0.323 e. The Morgan fingerprint density at radius 1 is 1.32 bits per heavy atom. The molecule has 0 saturated carbocycles. The van der Waals surface area contributed by atoms with Gasteiger partial charge in [-0.1, -0.05) is 23.7 Å². The van der Waals surface area contributed by atoms with Gasteiger partial charge < -0.3 is 5.73 Å². The van der Waals surface area contributed by atoms with Crippen LogP contribution in [0.25, 0.3) is 0 Å². The van der Waals surface area contributed by atoms with Gasteiger partial charge in [-0.3, -0.25) is 0 Å². The second-order valence-corrected chi connectivity index (χ2v) is 6.93. The van der Waals surface area contributed by atoms with Crippen LogP contribution < -0.4 is 5.73 Å². The maximum atomic E-state index is 6.35. The van der Waals surface area contributed by atoms with Gasteiger partial charge in [-0.25, -0.2) is 0 Å². The van der Waals surface area contributed by atoms with Gasteiger partial charge in [0.15, 0.2) is 0 Å². The molecule has 1 unspecified atom stereocenters. The van der Waals surface area contributed by atoms with Crippen LogP contribution in [0, 0.1) is 6.92 Å². The minimum absolute atomic E-state index is 0.0656. The fourth-order valence-electron chi connectivity index (χ4n) is 2.69. The van der Waals surface area contributed by atoms with Crippen molar-refractivity contribution in [1.29, 1.82) is 0 Å². The Morgan fingerprint density at radius 2 is 2.16 bits per heavy atom. The number of fused-ring (bicyclic) bond motifs is 1. The predicted octanol–water partition coefficient (Wildman–Crippen LogP) is 4.44. The molecule has 0 aliphatic heterocycles. The molecule has 2 aromatic rings. The third-order valence-corrected chi connectivity index (χ3v) is 5.50. The molecule has 0 radical (unpaired) electrons. The van der Waals surface area contributed by atoms with E-state index < -0.39 is 0 Å². The summed E-state index contributed by atoms with van der Waals surface area (Å²) in [5.74, 6) is 0. The molecule has 3 heteroatoms. The summed E-state index contributed by atoms with van der Waals surface area (Å²) in [7, 11) is 0. The monoisotopic (exact) mass is 291 g/mol. The van der Waals surface area contributed by atoms with Gasteiger partial charge in [0.2, 0.25) is 0 Å². The Balaban J connectivity index is 1.78. The van der Waals surface area contributed by atoms with Crippen molar-refractivity contribution in [1.82, 2.24) is 0 Å². The average Bonchev–Trinajstić information content (AvgIpc) is 2.93. The Hall–Kier alpha value is -0.830. The van der Waals surface area contributed by atoms with Gasteiger partial charge in [0.25, 0.3) is 0 Å². The molecule has 1 atom stereocenters. The number of nitrogens with two attached hydrogens (primary N) is 1. The Kier molecular flexibility index (Phi) is 3.66. The van der Waals surface area contributed by atoms with Crippen molar-refractivity contribution in [3.05, 3.63) is 55.7 Å². The van der Waals surface area contributed by atoms with Crippen LogP contribution in [0.4, 0.5) is 0 Å². The highest BCUT2D eigenvalue weighted by atomic mass is 35.5. The van der Waals surface area contributed by atoms with E-state index in [1.54, 1.807) is 4.88 Å². The standard InChI is InChI=1S/C16H18ClNS/c1-10-5-6-11(13(17)7-10)8-14(18)16-9-12-3-2-4-15(12)19-16/h5-7,9,14H,2-4,8,18H2,1H3. The Labute approximate surface area is 123 Å². The van der Waals surface area contributed by atoms with Crippen LogP contribution in [0.1, 0.15) is 38.9 Å². The molecule has 1 aliphatic carbocycles. The van der Waals surface area contributed by atoms with E-state index in [1.807, 2.05) is 17.4 Å². The minimum atomic E-state index is 0.0656. The lowest BCUT2D eigenvalue weighted by atomic mass is 10.0. The van der Waals surface area contributed by atoms with Crippen molar-refractivity contribution in [2.75, 3.05) is 0 Å².